The molecule has 0 saturated heterocycles. The Labute approximate surface area is 161 Å². The van der Waals surface area contributed by atoms with Gasteiger partial charge < -0.3 is 15.0 Å². The van der Waals surface area contributed by atoms with E-state index in [1.807, 2.05) is 6.92 Å². The van der Waals surface area contributed by atoms with Crippen LogP contribution in [0.5, 0.6) is 5.75 Å². The maximum atomic E-state index is 12.4. The number of hydrogen-bond acceptors (Lipinski definition) is 3. The molecular formula is C21H27ClN2O2. The van der Waals surface area contributed by atoms with E-state index in [9.17, 15) is 4.79 Å². The van der Waals surface area contributed by atoms with Crippen LogP contribution in [0.2, 0.25) is 5.02 Å². The predicted molar refractivity (Wildman–Crippen MR) is 108 cm³/mol. The van der Waals surface area contributed by atoms with Crippen LogP contribution in [-0.4, -0.2) is 25.1 Å². The van der Waals surface area contributed by atoms with Crippen molar-refractivity contribution in [3.63, 3.8) is 0 Å². The van der Waals surface area contributed by atoms with Crippen molar-refractivity contribution in [2.75, 3.05) is 18.0 Å². The normalized spacial score (nSPS) is 11.7. The van der Waals surface area contributed by atoms with E-state index >= 15 is 0 Å². The van der Waals surface area contributed by atoms with Crippen molar-refractivity contribution in [3.05, 3.63) is 59.1 Å². The first-order valence-electron chi connectivity index (χ1n) is 9.11. The molecule has 0 fully saturated rings. The Hall–Kier alpha value is -2.20. The lowest BCUT2D eigenvalue weighted by Crippen LogP contribution is -2.37. The van der Waals surface area contributed by atoms with E-state index in [1.165, 1.54) is 5.69 Å². The van der Waals surface area contributed by atoms with E-state index in [0.717, 1.165) is 18.7 Å². The molecule has 4 nitrogen and oxygen atoms in total. The van der Waals surface area contributed by atoms with Crippen LogP contribution in [0.1, 0.15) is 32.8 Å². The van der Waals surface area contributed by atoms with Crippen LogP contribution >= 0.6 is 11.6 Å². The number of nitrogens with one attached hydrogen (secondary N) is 1. The van der Waals surface area contributed by atoms with Gasteiger partial charge in [0.05, 0.1) is 0 Å². The van der Waals surface area contributed by atoms with Crippen molar-refractivity contribution < 1.29 is 9.53 Å². The lowest BCUT2D eigenvalue weighted by molar-refractivity contribution is -0.128. The molecule has 1 amide bonds. The summed E-state index contributed by atoms with van der Waals surface area (Å²) in [5.41, 5.74) is 2.26. The van der Waals surface area contributed by atoms with Gasteiger partial charge in [0.25, 0.3) is 5.91 Å². The molecule has 140 valence electrons. The number of benzene rings is 2. The van der Waals surface area contributed by atoms with E-state index in [1.54, 1.807) is 24.3 Å². The van der Waals surface area contributed by atoms with Crippen LogP contribution in [0.4, 0.5) is 5.69 Å². The quantitative estimate of drug-likeness (QED) is 0.694. The number of hydrogen-bond donors (Lipinski definition) is 1. The average molecular weight is 375 g/mol. The van der Waals surface area contributed by atoms with Gasteiger partial charge in [0, 0.05) is 30.3 Å². The van der Waals surface area contributed by atoms with Gasteiger partial charge in [0.2, 0.25) is 0 Å². The molecule has 2 aromatic rings. The third-order valence-electron chi connectivity index (χ3n) is 4.29. The third-order valence-corrected chi connectivity index (χ3v) is 4.54. The number of carbonyl (C=O) groups is 1. The molecule has 0 spiro atoms. The van der Waals surface area contributed by atoms with E-state index in [0.29, 0.717) is 23.7 Å². The summed E-state index contributed by atoms with van der Waals surface area (Å²) in [6, 6.07) is 15.3. The first kappa shape index (κ1) is 20.1. The lowest BCUT2D eigenvalue weighted by Gasteiger charge is -2.21. The van der Waals surface area contributed by atoms with E-state index in [2.05, 4.69) is 48.3 Å². The molecule has 5 heteroatoms. The van der Waals surface area contributed by atoms with Gasteiger partial charge in [-0.15, -0.1) is 0 Å². The second-order valence-electron chi connectivity index (χ2n) is 6.03. The van der Waals surface area contributed by atoms with Crippen molar-refractivity contribution in [1.29, 1.82) is 0 Å². The van der Waals surface area contributed by atoms with Gasteiger partial charge in [-0.05, 0) is 62.2 Å². The Morgan fingerprint density at radius 2 is 1.65 bits per heavy atom. The number of amides is 1. The molecule has 0 aliphatic rings. The highest BCUT2D eigenvalue weighted by Crippen LogP contribution is 2.18. The SMILES string of the molecule is CC[C@@H](Oc1ccc(Cl)cc1)C(=O)NCc1ccc(N(CC)CC)cc1. The summed E-state index contributed by atoms with van der Waals surface area (Å²) < 4.78 is 5.77. The third kappa shape index (κ3) is 5.67. The molecule has 0 saturated carbocycles. The van der Waals surface area contributed by atoms with Crippen LogP contribution < -0.4 is 15.0 Å². The minimum Gasteiger partial charge on any atom is -0.481 e. The first-order valence-corrected chi connectivity index (χ1v) is 9.49. The smallest absolute Gasteiger partial charge is 0.261 e. The van der Waals surface area contributed by atoms with Gasteiger partial charge >= 0.3 is 0 Å². The summed E-state index contributed by atoms with van der Waals surface area (Å²) in [5.74, 6) is 0.523. The highest BCUT2D eigenvalue weighted by Gasteiger charge is 2.18. The Morgan fingerprint density at radius 3 is 2.19 bits per heavy atom. The molecule has 1 atom stereocenters. The molecule has 2 rings (SSSR count). The molecule has 26 heavy (non-hydrogen) atoms. The van der Waals surface area contributed by atoms with Gasteiger partial charge in [0.1, 0.15) is 5.75 Å². The number of rotatable bonds is 9. The summed E-state index contributed by atoms with van der Waals surface area (Å²) in [6.45, 7) is 8.66. The van der Waals surface area contributed by atoms with Crippen LogP contribution in [0.3, 0.4) is 0 Å². The molecule has 0 bridgehead atoms. The maximum absolute atomic E-state index is 12.4. The van der Waals surface area contributed by atoms with Crippen LogP contribution in [0.25, 0.3) is 0 Å². The molecule has 0 radical (unpaired) electrons. The Bertz CT molecular complexity index is 682. The highest BCUT2D eigenvalue weighted by atomic mass is 35.5. The Balaban J connectivity index is 1.90. The summed E-state index contributed by atoms with van der Waals surface area (Å²) in [4.78, 5) is 14.7. The lowest BCUT2D eigenvalue weighted by atomic mass is 10.2. The molecule has 0 heterocycles. The zero-order valence-corrected chi connectivity index (χ0v) is 16.4. The topological polar surface area (TPSA) is 41.6 Å². The second kappa shape index (κ2) is 10.1. The first-order chi connectivity index (χ1) is 12.6. The maximum Gasteiger partial charge on any atom is 0.261 e. The van der Waals surface area contributed by atoms with Crippen LogP contribution in [0, 0.1) is 0 Å². The fourth-order valence-electron chi connectivity index (χ4n) is 2.72. The van der Waals surface area contributed by atoms with Crippen LogP contribution in [0.15, 0.2) is 48.5 Å². The molecule has 0 aliphatic carbocycles. The zero-order chi connectivity index (χ0) is 18.9. The van der Waals surface area contributed by atoms with Gasteiger partial charge in [-0.25, -0.2) is 0 Å². The average Bonchev–Trinajstić information content (AvgIpc) is 2.67. The van der Waals surface area contributed by atoms with Crippen LogP contribution in [-0.2, 0) is 11.3 Å². The van der Waals surface area contributed by atoms with E-state index < -0.39 is 6.10 Å². The number of nitrogens with zero attached hydrogens (tertiary/aromatic N) is 1. The molecule has 0 unspecified atom stereocenters. The molecule has 0 aromatic heterocycles. The Morgan fingerprint density at radius 1 is 1.04 bits per heavy atom. The standard InChI is InChI=1S/C21H27ClN2O2/c1-4-20(26-19-13-9-17(22)10-14-19)21(25)23-15-16-7-11-18(12-8-16)24(5-2)6-3/h7-14,20H,4-6,15H2,1-3H3,(H,23,25)/t20-/m1/s1. The number of carbonyl (C=O) groups excluding carboxylic acids is 1. The molecular weight excluding hydrogens is 348 g/mol. The van der Waals surface area contributed by atoms with Crippen molar-refractivity contribution in [2.24, 2.45) is 0 Å². The van der Waals surface area contributed by atoms with Gasteiger partial charge in [-0.3, -0.25) is 4.79 Å². The van der Waals surface area contributed by atoms with Crippen molar-refractivity contribution >= 4 is 23.2 Å². The van der Waals surface area contributed by atoms with Gasteiger partial charge in [-0.2, -0.15) is 0 Å². The minimum absolute atomic E-state index is 0.115. The van der Waals surface area contributed by atoms with Crippen molar-refractivity contribution in [3.8, 4) is 5.75 Å². The second-order valence-corrected chi connectivity index (χ2v) is 6.46. The highest BCUT2D eigenvalue weighted by molar-refractivity contribution is 6.30. The van der Waals surface area contributed by atoms with E-state index in [-0.39, 0.29) is 5.91 Å². The molecule has 1 N–H and O–H groups in total. The summed E-state index contributed by atoms with van der Waals surface area (Å²) in [5, 5.41) is 3.60. The van der Waals surface area contributed by atoms with Gasteiger partial charge in [0.15, 0.2) is 6.10 Å². The molecule has 0 aliphatic heterocycles. The zero-order valence-electron chi connectivity index (χ0n) is 15.7. The summed E-state index contributed by atoms with van der Waals surface area (Å²) >= 11 is 5.87. The number of anilines is 1. The largest absolute Gasteiger partial charge is 0.481 e. The summed E-state index contributed by atoms with van der Waals surface area (Å²) in [7, 11) is 0. The van der Waals surface area contributed by atoms with Crippen molar-refractivity contribution in [2.45, 2.75) is 39.8 Å². The predicted octanol–water partition coefficient (Wildman–Crippen LogP) is 4.66. The fourth-order valence-corrected chi connectivity index (χ4v) is 2.84. The minimum atomic E-state index is -0.522. The fraction of sp³-hybridized carbons (Fsp3) is 0.381. The van der Waals surface area contributed by atoms with Crippen molar-refractivity contribution in [1.82, 2.24) is 5.32 Å². The summed E-state index contributed by atoms with van der Waals surface area (Å²) in [6.07, 6.45) is 0.0705. The molecule has 2 aromatic carbocycles. The van der Waals surface area contributed by atoms with E-state index in [4.69, 9.17) is 16.3 Å². The number of ether oxygens (including phenoxy) is 1. The van der Waals surface area contributed by atoms with Gasteiger partial charge in [-0.1, -0.05) is 30.7 Å². The Kier molecular flexibility index (Phi) is 7.79. The number of halogens is 1. The monoisotopic (exact) mass is 374 g/mol.